The first-order valence-electron chi connectivity index (χ1n) is 7.34. The molecule has 0 amide bonds. The molecule has 1 saturated heterocycles. The lowest BCUT2D eigenvalue weighted by atomic mass is 9.80. The van der Waals surface area contributed by atoms with E-state index in [-0.39, 0.29) is 5.54 Å². The molecule has 1 N–H and O–H groups in total. The molecule has 2 saturated carbocycles. The maximum absolute atomic E-state index is 12.6. The summed E-state index contributed by atoms with van der Waals surface area (Å²) in [7, 11) is -3.03. The Balaban J connectivity index is 1.81. The molecule has 1 aliphatic heterocycles. The molecule has 0 radical (unpaired) electrons. The van der Waals surface area contributed by atoms with Gasteiger partial charge in [-0.2, -0.15) is 4.31 Å². The summed E-state index contributed by atoms with van der Waals surface area (Å²) < 4.78 is 27.1. The van der Waals surface area contributed by atoms with Gasteiger partial charge in [0, 0.05) is 25.2 Å². The molecule has 104 valence electrons. The van der Waals surface area contributed by atoms with E-state index in [1.807, 2.05) is 4.31 Å². The maximum atomic E-state index is 12.6. The Bertz CT molecular complexity index is 389. The number of nitrogens with zero attached hydrogens (tertiary/aromatic N) is 1. The first-order valence-corrected chi connectivity index (χ1v) is 8.95. The lowest BCUT2D eigenvalue weighted by Crippen LogP contribution is -2.63. The fourth-order valence-electron chi connectivity index (χ4n) is 3.57. The third kappa shape index (κ3) is 2.45. The van der Waals surface area contributed by atoms with Crippen LogP contribution in [0.15, 0.2) is 0 Å². The van der Waals surface area contributed by atoms with Crippen molar-refractivity contribution in [1.82, 2.24) is 9.62 Å². The second kappa shape index (κ2) is 4.76. The number of nitrogens with one attached hydrogen (secondary N) is 1. The minimum atomic E-state index is -3.03. The van der Waals surface area contributed by atoms with E-state index >= 15 is 0 Å². The molecule has 0 aromatic carbocycles. The molecule has 3 rings (SSSR count). The van der Waals surface area contributed by atoms with Gasteiger partial charge in [0.05, 0.1) is 5.75 Å². The lowest BCUT2D eigenvalue weighted by Gasteiger charge is -2.48. The molecule has 4 nitrogen and oxygen atoms in total. The van der Waals surface area contributed by atoms with Crippen molar-refractivity contribution in [2.24, 2.45) is 5.92 Å². The van der Waals surface area contributed by atoms with Crippen molar-refractivity contribution < 1.29 is 8.42 Å². The minimum absolute atomic E-state index is 0.0930. The summed E-state index contributed by atoms with van der Waals surface area (Å²) in [6.45, 7) is 2.34. The van der Waals surface area contributed by atoms with Crippen LogP contribution in [0.3, 0.4) is 0 Å². The van der Waals surface area contributed by atoms with Gasteiger partial charge in [0.15, 0.2) is 0 Å². The van der Waals surface area contributed by atoms with Crippen LogP contribution in [0.5, 0.6) is 0 Å². The molecule has 1 heterocycles. The molecule has 0 unspecified atom stereocenters. The summed E-state index contributed by atoms with van der Waals surface area (Å²) in [5.74, 6) is 0.847. The molecule has 18 heavy (non-hydrogen) atoms. The van der Waals surface area contributed by atoms with Crippen molar-refractivity contribution in [2.75, 3.05) is 25.4 Å². The van der Waals surface area contributed by atoms with Crippen LogP contribution in [0.4, 0.5) is 0 Å². The van der Waals surface area contributed by atoms with E-state index < -0.39 is 10.0 Å². The van der Waals surface area contributed by atoms with Gasteiger partial charge in [-0.05, 0) is 31.6 Å². The maximum Gasteiger partial charge on any atom is 0.214 e. The van der Waals surface area contributed by atoms with Crippen molar-refractivity contribution in [3.8, 4) is 0 Å². The Kier molecular flexibility index (Phi) is 3.41. The third-order valence-corrected chi connectivity index (χ3v) is 6.87. The topological polar surface area (TPSA) is 49.4 Å². The molecule has 3 fully saturated rings. The van der Waals surface area contributed by atoms with Crippen LogP contribution in [-0.2, 0) is 10.0 Å². The van der Waals surface area contributed by atoms with Crippen LogP contribution < -0.4 is 5.32 Å². The predicted molar refractivity (Wildman–Crippen MR) is 71.9 cm³/mol. The zero-order valence-electron chi connectivity index (χ0n) is 11.0. The molecule has 0 bridgehead atoms. The van der Waals surface area contributed by atoms with Gasteiger partial charge in [0.25, 0.3) is 0 Å². The SMILES string of the molecule is O=S(=O)(CC1CC1)N1CCNCC12CCCCC2. The van der Waals surface area contributed by atoms with Crippen LogP contribution in [0.2, 0.25) is 0 Å². The first kappa shape index (κ1) is 12.9. The Labute approximate surface area is 110 Å². The first-order chi connectivity index (χ1) is 8.62. The molecule has 3 aliphatic rings. The third-order valence-electron chi connectivity index (χ3n) is 4.74. The normalized spacial score (nSPS) is 29.6. The molecule has 0 aromatic heterocycles. The Morgan fingerprint density at radius 2 is 1.89 bits per heavy atom. The second-order valence-corrected chi connectivity index (χ2v) is 8.19. The summed E-state index contributed by atoms with van der Waals surface area (Å²) in [6.07, 6.45) is 7.93. The quantitative estimate of drug-likeness (QED) is 0.843. The standard InChI is InChI=1S/C13H24N2O2S/c16-18(17,10-12-4-5-12)15-9-8-14-11-13(15)6-2-1-3-7-13/h12,14H,1-11H2. The monoisotopic (exact) mass is 272 g/mol. The predicted octanol–water partition coefficient (Wildman–Crippen LogP) is 1.33. The Hall–Kier alpha value is -0.130. The summed E-state index contributed by atoms with van der Waals surface area (Å²) in [5, 5.41) is 3.41. The van der Waals surface area contributed by atoms with Gasteiger partial charge >= 0.3 is 0 Å². The van der Waals surface area contributed by atoms with Crippen LogP contribution in [0.1, 0.15) is 44.9 Å². The summed E-state index contributed by atoms with van der Waals surface area (Å²) in [5.41, 5.74) is -0.0930. The highest BCUT2D eigenvalue weighted by atomic mass is 32.2. The molecule has 2 aliphatic carbocycles. The van der Waals surface area contributed by atoms with Crippen LogP contribution >= 0.6 is 0 Å². The fraction of sp³-hybridized carbons (Fsp3) is 1.00. The zero-order chi connectivity index (χ0) is 12.6. The van der Waals surface area contributed by atoms with Crippen LogP contribution in [0.25, 0.3) is 0 Å². The minimum Gasteiger partial charge on any atom is -0.314 e. The van der Waals surface area contributed by atoms with Crippen molar-refractivity contribution in [2.45, 2.75) is 50.5 Å². The highest BCUT2D eigenvalue weighted by Gasteiger charge is 2.46. The zero-order valence-corrected chi connectivity index (χ0v) is 11.8. The van der Waals surface area contributed by atoms with Crippen molar-refractivity contribution in [3.63, 3.8) is 0 Å². The summed E-state index contributed by atoms with van der Waals surface area (Å²) in [6, 6.07) is 0. The average molecular weight is 272 g/mol. The van der Waals surface area contributed by atoms with Crippen LogP contribution in [-0.4, -0.2) is 43.6 Å². The van der Waals surface area contributed by atoms with Gasteiger partial charge in [-0.25, -0.2) is 8.42 Å². The van der Waals surface area contributed by atoms with Gasteiger partial charge < -0.3 is 5.32 Å². The second-order valence-electron chi connectivity index (χ2n) is 6.26. The molecule has 5 heteroatoms. The Morgan fingerprint density at radius 3 is 2.56 bits per heavy atom. The molecular formula is C13H24N2O2S. The van der Waals surface area contributed by atoms with E-state index in [1.54, 1.807) is 0 Å². The van der Waals surface area contributed by atoms with E-state index in [9.17, 15) is 8.42 Å². The van der Waals surface area contributed by atoms with E-state index in [0.29, 0.717) is 18.2 Å². The van der Waals surface area contributed by atoms with Crippen molar-refractivity contribution in [1.29, 1.82) is 0 Å². The van der Waals surface area contributed by atoms with Crippen LogP contribution in [0, 0.1) is 5.92 Å². The smallest absolute Gasteiger partial charge is 0.214 e. The van der Waals surface area contributed by atoms with Gasteiger partial charge in [-0.3, -0.25) is 0 Å². The summed E-state index contributed by atoms with van der Waals surface area (Å²) >= 11 is 0. The number of piperazine rings is 1. The largest absolute Gasteiger partial charge is 0.314 e. The van der Waals surface area contributed by atoms with Gasteiger partial charge in [0.1, 0.15) is 0 Å². The van der Waals surface area contributed by atoms with E-state index in [2.05, 4.69) is 5.32 Å². The Morgan fingerprint density at radius 1 is 1.17 bits per heavy atom. The summed E-state index contributed by atoms with van der Waals surface area (Å²) in [4.78, 5) is 0. The highest BCUT2D eigenvalue weighted by molar-refractivity contribution is 7.89. The lowest BCUT2D eigenvalue weighted by molar-refractivity contribution is 0.101. The number of hydrogen-bond acceptors (Lipinski definition) is 3. The molecule has 1 spiro atoms. The number of rotatable bonds is 3. The fourth-order valence-corrected chi connectivity index (χ4v) is 5.89. The van der Waals surface area contributed by atoms with E-state index in [4.69, 9.17) is 0 Å². The highest BCUT2D eigenvalue weighted by Crippen LogP contribution is 2.38. The van der Waals surface area contributed by atoms with Gasteiger partial charge in [-0.15, -0.1) is 0 Å². The van der Waals surface area contributed by atoms with E-state index in [0.717, 1.165) is 38.8 Å². The van der Waals surface area contributed by atoms with E-state index in [1.165, 1.54) is 19.3 Å². The van der Waals surface area contributed by atoms with Gasteiger partial charge in [0.2, 0.25) is 10.0 Å². The number of sulfonamides is 1. The number of hydrogen-bond donors (Lipinski definition) is 1. The average Bonchev–Trinajstić information content (AvgIpc) is 3.13. The van der Waals surface area contributed by atoms with Crippen molar-refractivity contribution >= 4 is 10.0 Å². The molecular weight excluding hydrogens is 248 g/mol. The van der Waals surface area contributed by atoms with Gasteiger partial charge in [-0.1, -0.05) is 19.3 Å². The molecule has 0 atom stereocenters. The van der Waals surface area contributed by atoms with Crippen molar-refractivity contribution in [3.05, 3.63) is 0 Å². The molecule has 0 aromatic rings.